The van der Waals surface area contributed by atoms with Crippen molar-refractivity contribution in [2.45, 2.75) is 91.0 Å². The minimum Gasteiger partial charge on any atom is -0.456 e. The molecule has 12 heteroatoms. The SMILES string of the molecule is C/C=C1\CC(C(=O)OCC(=O)c2ccc(-c3ccc(C(=O)COC(=O)[C@@H]4CCCN4C(=O)OC(C)(C)C)cc3)cc2)N(C(=O)OC(C)(C)C)C1. The van der Waals surface area contributed by atoms with Gasteiger partial charge in [-0.3, -0.25) is 19.4 Å². The van der Waals surface area contributed by atoms with Crippen LogP contribution in [0.5, 0.6) is 0 Å². The number of esters is 2. The summed E-state index contributed by atoms with van der Waals surface area (Å²) in [6, 6.07) is 11.8. The van der Waals surface area contributed by atoms with Gasteiger partial charge in [0.1, 0.15) is 23.3 Å². The molecular formula is C38H46N2O10. The van der Waals surface area contributed by atoms with E-state index in [9.17, 15) is 28.8 Å². The molecular weight excluding hydrogens is 644 g/mol. The molecule has 2 fully saturated rings. The van der Waals surface area contributed by atoms with Crippen molar-refractivity contribution in [2.75, 3.05) is 26.3 Å². The van der Waals surface area contributed by atoms with Crippen LogP contribution < -0.4 is 0 Å². The van der Waals surface area contributed by atoms with Gasteiger partial charge in [0.2, 0.25) is 0 Å². The Bertz CT molecular complexity index is 1630. The summed E-state index contributed by atoms with van der Waals surface area (Å²) in [4.78, 5) is 79.2. The first kappa shape index (κ1) is 37.8. The van der Waals surface area contributed by atoms with E-state index in [1.165, 1.54) is 9.80 Å². The van der Waals surface area contributed by atoms with Crippen molar-refractivity contribution in [3.05, 3.63) is 71.3 Å². The summed E-state index contributed by atoms with van der Waals surface area (Å²) in [6.45, 7) is 12.0. The molecule has 12 nitrogen and oxygen atoms in total. The number of hydrogen-bond donors (Lipinski definition) is 0. The van der Waals surface area contributed by atoms with E-state index in [1.54, 1.807) is 90.1 Å². The van der Waals surface area contributed by atoms with Crippen LogP contribution in [0.3, 0.4) is 0 Å². The first-order valence-corrected chi connectivity index (χ1v) is 16.7. The molecule has 2 aromatic rings. The predicted octanol–water partition coefficient (Wildman–Crippen LogP) is 6.16. The molecule has 0 aromatic heterocycles. The zero-order valence-corrected chi connectivity index (χ0v) is 29.8. The minimum absolute atomic E-state index is 0.250. The Morgan fingerprint density at radius 1 is 0.680 bits per heavy atom. The fourth-order valence-electron chi connectivity index (χ4n) is 5.56. The zero-order valence-electron chi connectivity index (χ0n) is 29.8. The third kappa shape index (κ3) is 10.0. The monoisotopic (exact) mass is 690 g/mol. The third-order valence-corrected chi connectivity index (χ3v) is 8.10. The van der Waals surface area contributed by atoms with Crippen LogP contribution in [0.15, 0.2) is 60.2 Å². The molecule has 1 unspecified atom stereocenters. The van der Waals surface area contributed by atoms with Crippen LogP contribution in [0.25, 0.3) is 11.1 Å². The topological polar surface area (TPSA) is 146 Å². The van der Waals surface area contributed by atoms with E-state index in [1.807, 2.05) is 13.0 Å². The van der Waals surface area contributed by atoms with Gasteiger partial charge in [0.25, 0.3) is 0 Å². The summed E-state index contributed by atoms with van der Waals surface area (Å²) in [5.74, 6) is -2.12. The summed E-state index contributed by atoms with van der Waals surface area (Å²) in [7, 11) is 0. The third-order valence-electron chi connectivity index (χ3n) is 8.10. The van der Waals surface area contributed by atoms with Crippen LogP contribution in [0.1, 0.15) is 88.4 Å². The highest BCUT2D eigenvalue weighted by Gasteiger charge is 2.40. The minimum atomic E-state index is -0.880. The van der Waals surface area contributed by atoms with E-state index in [0.29, 0.717) is 36.9 Å². The highest BCUT2D eigenvalue weighted by Crippen LogP contribution is 2.27. The van der Waals surface area contributed by atoms with Crippen molar-refractivity contribution in [1.29, 1.82) is 0 Å². The zero-order chi connectivity index (χ0) is 36.8. The Hall–Kier alpha value is -5.00. The van der Waals surface area contributed by atoms with Gasteiger partial charge < -0.3 is 18.9 Å². The number of nitrogens with zero attached hydrogens (tertiary/aromatic N) is 2. The highest BCUT2D eigenvalue weighted by molar-refractivity contribution is 6.00. The van der Waals surface area contributed by atoms with Crippen molar-refractivity contribution >= 4 is 35.7 Å². The van der Waals surface area contributed by atoms with E-state index in [4.69, 9.17) is 18.9 Å². The number of rotatable bonds is 9. The molecule has 0 spiro atoms. The van der Waals surface area contributed by atoms with Crippen molar-refractivity contribution in [3.8, 4) is 11.1 Å². The van der Waals surface area contributed by atoms with Crippen LogP contribution in [-0.2, 0) is 28.5 Å². The van der Waals surface area contributed by atoms with Crippen LogP contribution in [0, 0.1) is 0 Å². The summed E-state index contributed by atoms with van der Waals surface area (Å²) in [5.41, 5.74) is 1.72. The second-order valence-corrected chi connectivity index (χ2v) is 14.3. The number of Topliss-reactive ketones (excluding diaryl/α,β-unsaturated/α-hetero) is 2. The largest absolute Gasteiger partial charge is 0.456 e. The summed E-state index contributed by atoms with van der Waals surface area (Å²) >= 11 is 0. The summed E-state index contributed by atoms with van der Waals surface area (Å²) in [6.07, 6.45) is 2.01. The van der Waals surface area contributed by atoms with Crippen LogP contribution >= 0.6 is 0 Å². The number of ketones is 2. The molecule has 2 heterocycles. The number of benzene rings is 2. The van der Waals surface area contributed by atoms with Crippen molar-refractivity contribution < 1.29 is 47.7 Å². The van der Waals surface area contributed by atoms with Gasteiger partial charge in [-0.2, -0.15) is 0 Å². The first-order chi connectivity index (χ1) is 23.5. The Labute approximate surface area is 292 Å². The van der Waals surface area contributed by atoms with E-state index < -0.39 is 72.2 Å². The number of amides is 2. The first-order valence-electron chi connectivity index (χ1n) is 16.7. The second kappa shape index (κ2) is 15.7. The maximum atomic E-state index is 12.9. The molecule has 2 aromatic carbocycles. The van der Waals surface area contributed by atoms with Crippen LogP contribution in [0.4, 0.5) is 9.59 Å². The average molecular weight is 691 g/mol. The maximum absolute atomic E-state index is 12.9. The number of carbonyl (C=O) groups is 6. The molecule has 0 aliphatic carbocycles. The van der Waals surface area contributed by atoms with Gasteiger partial charge in [-0.25, -0.2) is 19.2 Å². The lowest BCUT2D eigenvalue weighted by Crippen LogP contribution is -2.44. The summed E-state index contributed by atoms with van der Waals surface area (Å²) in [5, 5.41) is 0. The molecule has 2 atom stereocenters. The van der Waals surface area contributed by atoms with Crippen molar-refractivity contribution in [3.63, 3.8) is 0 Å². The number of hydrogen-bond acceptors (Lipinski definition) is 10. The molecule has 0 bridgehead atoms. The standard InChI is InChI=1S/C38H46N2O10/c1-8-24-20-30(40(21-24)36(46)50-38(5,6)7)34(44)48-23-32(42)28-17-13-26(14-18-28)25-11-15-27(16-12-25)31(41)22-47-33(43)29-10-9-19-39(29)35(45)49-37(2,3)4/h8,11-18,29-30H,9-10,19-23H2,1-7H3/b24-8+/t29-,30?/m0/s1. The molecule has 0 radical (unpaired) electrons. The van der Waals surface area contributed by atoms with E-state index in [2.05, 4.69) is 0 Å². The second-order valence-electron chi connectivity index (χ2n) is 14.3. The number of allylic oxidation sites excluding steroid dienone is 1. The van der Waals surface area contributed by atoms with Crippen molar-refractivity contribution in [2.24, 2.45) is 0 Å². The molecule has 0 N–H and O–H groups in total. The Morgan fingerprint density at radius 3 is 1.56 bits per heavy atom. The lowest BCUT2D eigenvalue weighted by Gasteiger charge is -2.27. The number of ether oxygens (including phenoxy) is 4. The van der Waals surface area contributed by atoms with Gasteiger partial charge in [0.15, 0.2) is 24.8 Å². The molecule has 2 aliphatic heterocycles. The van der Waals surface area contributed by atoms with Crippen LogP contribution in [0.2, 0.25) is 0 Å². The average Bonchev–Trinajstić information content (AvgIpc) is 3.73. The number of carbonyl (C=O) groups excluding carboxylic acids is 6. The molecule has 2 amide bonds. The molecule has 268 valence electrons. The van der Waals surface area contributed by atoms with Crippen molar-refractivity contribution in [1.82, 2.24) is 9.80 Å². The fourth-order valence-corrected chi connectivity index (χ4v) is 5.56. The van der Waals surface area contributed by atoms with Gasteiger partial charge in [-0.1, -0.05) is 60.2 Å². The molecule has 50 heavy (non-hydrogen) atoms. The van der Waals surface area contributed by atoms with Gasteiger partial charge >= 0.3 is 24.1 Å². The lowest BCUT2D eigenvalue weighted by atomic mass is 10.0. The maximum Gasteiger partial charge on any atom is 0.411 e. The number of likely N-dealkylation sites (tertiary alicyclic amines) is 2. The van der Waals surface area contributed by atoms with Gasteiger partial charge in [0, 0.05) is 30.6 Å². The quantitative estimate of drug-likeness (QED) is 0.130. The van der Waals surface area contributed by atoms with Crippen LogP contribution in [-0.4, -0.2) is 95.1 Å². The molecule has 4 rings (SSSR count). The van der Waals surface area contributed by atoms with Gasteiger partial charge in [-0.05, 0) is 72.4 Å². The predicted molar refractivity (Wildman–Crippen MR) is 184 cm³/mol. The molecule has 0 saturated carbocycles. The van der Waals surface area contributed by atoms with E-state index in [0.717, 1.165) is 16.7 Å². The van der Waals surface area contributed by atoms with E-state index >= 15 is 0 Å². The fraction of sp³-hybridized carbons (Fsp3) is 0.474. The summed E-state index contributed by atoms with van der Waals surface area (Å²) < 4.78 is 21.5. The molecule has 2 aliphatic rings. The Balaban J connectivity index is 1.28. The Morgan fingerprint density at radius 2 is 1.12 bits per heavy atom. The molecule has 2 saturated heterocycles. The highest BCUT2D eigenvalue weighted by atomic mass is 16.6. The van der Waals surface area contributed by atoms with Gasteiger partial charge in [0.05, 0.1) is 0 Å². The van der Waals surface area contributed by atoms with Gasteiger partial charge in [-0.15, -0.1) is 0 Å². The van der Waals surface area contributed by atoms with E-state index in [-0.39, 0.29) is 6.54 Å². The Kier molecular flexibility index (Phi) is 11.9. The normalized spacial score (nSPS) is 18.5. The lowest BCUT2D eigenvalue weighted by molar-refractivity contribution is -0.148. The smallest absolute Gasteiger partial charge is 0.411 e.